The lowest BCUT2D eigenvalue weighted by molar-refractivity contribution is 0.405. The summed E-state index contributed by atoms with van der Waals surface area (Å²) >= 11 is 0. The Kier molecular flexibility index (Phi) is 5.73. The Morgan fingerprint density at radius 3 is 2.41 bits per heavy atom. The SMILES string of the molecule is COc1ccc(OC)c(N)c1.Oc1ccc2oc(-c3ccc(O)c(F)c3)nc2c1. The van der Waals surface area contributed by atoms with Gasteiger partial charge in [-0.3, -0.25) is 0 Å². The van der Waals surface area contributed by atoms with Crippen molar-refractivity contribution in [2.24, 2.45) is 0 Å². The first kappa shape index (κ1) is 19.8. The van der Waals surface area contributed by atoms with Crippen molar-refractivity contribution in [3.8, 4) is 34.5 Å². The molecule has 0 bridgehead atoms. The van der Waals surface area contributed by atoms with E-state index in [-0.39, 0.29) is 11.6 Å². The maximum absolute atomic E-state index is 13.2. The van der Waals surface area contributed by atoms with Gasteiger partial charge in [-0.2, -0.15) is 0 Å². The molecule has 4 N–H and O–H groups in total. The fraction of sp³-hybridized carbons (Fsp3) is 0.0952. The van der Waals surface area contributed by atoms with Crippen molar-refractivity contribution in [2.45, 2.75) is 0 Å². The fourth-order valence-electron chi connectivity index (χ4n) is 2.52. The molecule has 150 valence electrons. The number of halogens is 1. The van der Waals surface area contributed by atoms with E-state index in [1.807, 2.05) is 0 Å². The number of phenols is 2. The van der Waals surface area contributed by atoms with Crippen molar-refractivity contribution in [3.63, 3.8) is 0 Å². The lowest BCUT2D eigenvalue weighted by Gasteiger charge is -2.05. The number of hydrogen-bond acceptors (Lipinski definition) is 7. The maximum Gasteiger partial charge on any atom is 0.227 e. The topological polar surface area (TPSA) is 111 Å². The molecule has 3 aromatic carbocycles. The second-order valence-corrected chi connectivity index (χ2v) is 5.95. The number of phenolic OH excluding ortho intramolecular Hbond substituents is 2. The van der Waals surface area contributed by atoms with Gasteiger partial charge in [0, 0.05) is 17.7 Å². The number of anilines is 1. The Balaban J connectivity index is 0.000000188. The number of rotatable bonds is 3. The van der Waals surface area contributed by atoms with Crippen LogP contribution in [0.1, 0.15) is 0 Å². The summed E-state index contributed by atoms with van der Waals surface area (Å²) < 4.78 is 28.6. The molecule has 7 nitrogen and oxygen atoms in total. The molecular weight excluding hydrogens is 379 g/mol. The van der Waals surface area contributed by atoms with Crippen LogP contribution in [-0.4, -0.2) is 29.4 Å². The molecule has 0 radical (unpaired) electrons. The molecule has 4 aromatic rings. The van der Waals surface area contributed by atoms with Gasteiger partial charge in [-0.15, -0.1) is 0 Å². The largest absolute Gasteiger partial charge is 0.508 e. The molecule has 0 aliphatic rings. The molecule has 0 spiro atoms. The van der Waals surface area contributed by atoms with E-state index < -0.39 is 11.6 Å². The monoisotopic (exact) mass is 398 g/mol. The Labute approximate surface area is 165 Å². The van der Waals surface area contributed by atoms with E-state index in [4.69, 9.17) is 24.7 Å². The van der Waals surface area contributed by atoms with Gasteiger partial charge >= 0.3 is 0 Å². The smallest absolute Gasteiger partial charge is 0.227 e. The van der Waals surface area contributed by atoms with Crippen molar-refractivity contribution >= 4 is 16.8 Å². The average molecular weight is 398 g/mol. The molecule has 0 unspecified atom stereocenters. The third-order valence-electron chi connectivity index (χ3n) is 4.00. The van der Waals surface area contributed by atoms with Crippen LogP contribution >= 0.6 is 0 Å². The van der Waals surface area contributed by atoms with Crippen molar-refractivity contribution in [1.29, 1.82) is 0 Å². The van der Waals surface area contributed by atoms with Crippen LogP contribution in [-0.2, 0) is 0 Å². The Morgan fingerprint density at radius 1 is 0.966 bits per heavy atom. The molecular formula is C21H19FN2O5. The lowest BCUT2D eigenvalue weighted by atomic mass is 10.2. The van der Waals surface area contributed by atoms with E-state index >= 15 is 0 Å². The minimum atomic E-state index is -0.738. The van der Waals surface area contributed by atoms with Gasteiger partial charge in [0.05, 0.1) is 19.9 Å². The van der Waals surface area contributed by atoms with Gasteiger partial charge in [-0.1, -0.05) is 0 Å². The molecule has 1 aromatic heterocycles. The number of nitrogens with two attached hydrogens (primary N) is 1. The van der Waals surface area contributed by atoms with Gasteiger partial charge in [-0.25, -0.2) is 9.37 Å². The van der Waals surface area contributed by atoms with E-state index in [0.717, 1.165) is 11.8 Å². The Bertz CT molecular complexity index is 1140. The molecule has 0 saturated heterocycles. The minimum absolute atomic E-state index is 0.0826. The number of nitrogens with zero attached hydrogens (tertiary/aromatic N) is 1. The molecule has 0 saturated carbocycles. The Hall–Kier alpha value is -3.94. The van der Waals surface area contributed by atoms with Crippen LogP contribution in [0, 0.1) is 5.82 Å². The van der Waals surface area contributed by atoms with Crippen molar-refractivity contribution in [2.75, 3.05) is 20.0 Å². The lowest BCUT2D eigenvalue weighted by Crippen LogP contribution is -1.92. The molecule has 29 heavy (non-hydrogen) atoms. The normalized spacial score (nSPS) is 10.3. The summed E-state index contributed by atoms with van der Waals surface area (Å²) in [7, 11) is 3.18. The van der Waals surface area contributed by atoms with Crippen LogP contribution in [0.4, 0.5) is 10.1 Å². The highest BCUT2D eigenvalue weighted by atomic mass is 19.1. The van der Waals surface area contributed by atoms with Gasteiger partial charge < -0.3 is 29.8 Å². The quantitative estimate of drug-likeness (QED) is 0.440. The van der Waals surface area contributed by atoms with Crippen molar-refractivity contribution < 1.29 is 28.5 Å². The number of hydrogen-bond donors (Lipinski definition) is 3. The van der Waals surface area contributed by atoms with Crippen molar-refractivity contribution in [3.05, 3.63) is 60.4 Å². The fourth-order valence-corrected chi connectivity index (χ4v) is 2.52. The first-order valence-corrected chi connectivity index (χ1v) is 8.47. The predicted octanol–water partition coefficient (Wildman–Crippen LogP) is 4.33. The first-order chi connectivity index (χ1) is 13.9. The summed E-state index contributed by atoms with van der Waals surface area (Å²) in [5, 5.41) is 18.4. The molecule has 4 rings (SSSR count). The molecule has 0 aliphatic carbocycles. The molecule has 0 fully saturated rings. The molecule has 8 heteroatoms. The number of benzene rings is 3. The molecule has 0 aliphatic heterocycles. The van der Waals surface area contributed by atoms with Gasteiger partial charge in [-0.05, 0) is 42.5 Å². The van der Waals surface area contributed by atoms with Crippen LogP contribution in [0.3, 0.4) is 0 Å². The molecule has 0 amide bonds. The summed E-state index contributed by atoms with van der Waals surface area (Å²) in [4.78, 5) is 4.14. The summed E-state index contributed by atoms with van der Waals surface area (Å²) in [6.07, 6.45) is 0. The van der Waals surface area contributed by atoms with E-state index in [1.54, 1.807) is 38.5 Å². The van der Waals surface area contributed by atoms with Gasteiger partial charge in [0.1, 0.15) is 22.8 Å². The summed E-state index contributed by atoms with van der Waals surface area (Å²) in [5.74, 6) is 0.563. The van der Waals surface area contributed by atoms with Crippen LogP contribution in [0.25, 0.3) is 22.6 Å². The summed E-state index contributed by atoms with van der Waals surface area (Å²) in [6, 6.07) is 13.7. The number of aromatic nitrogens is 1. The third-order valence-corrected chi connectivity index (χ3v) is 4.00. The standard InChI is InChI=1S/C13H8FNO3.C8H11NO2/c14-9-5-7(1-3-11(9)17)13-15-10-6-8(16)2-4-12(10)18-13;1-10-6-3-4-8(11-2)7(9)5-6/h1-6,16-17H;3-5H,9H2,1-2H3. The second-order valence-electron chi connectivity index (χ2n) is 5.95. The highest BCUT2D eigenvalue weighted by molar-refractivity contribution is 5.77. The van der Waals surface area contributed by atoms with E-state index in [9.17, 15) is 9.50 Å². The number of methoxy groups -OCH3 is 2. The summed E-state index contributed by atoms with van der Waals surface area (Å²) in [5.41, 5.74) is 7.59. The molecule has 0 atom stereocenters. The van der Waals surface area contributed by atoms with Crippen molar-refractivity contribution in [1.82, 2.24) is 4.98 Å². The zero-order valence-corrected chi connectivity index (χ0v) is 15.7. The van der Waals surface area contributed by atoms with Gasteiger partial charge in [0.25, 0.3) is 0 Å². The van der Waals surface area contributed by atoms with Crippen LogP contribution in [0.5, 0.6) is 23.0 Å². The second kappa shape index (κ2) is 8.39. The van der Waals surface area contributed by atoms with Crippen LogP contribution in [0.2, 0.25) is 0 Å². The number of ether oxygens (including phenoxy) is 2. The number of nitrogen functional groups attached to an aromatic ring is 1. The maximum atomic E-state index is 13.2. The predicted molar refractivity (Wildman–Crippen MR) is 107 cm³/mol. The number of aromatic hydroxyl groups is 2. The summed E-state index contributed by atoms with van der Waals surface area (Å²) in [6.45, 7) is 0. The highest BCUT2D eigenvalue weighted by Gasteiger charge is 2.11. The highest BCUT2D eigenvalue weighted by Crippen LogP contribution is 2.29. The van der Waals surface area contributed by atoms with E-state index in [0.29, 0.717) is 28.1 Å². The van der Waals surface area contributed by atoms with Crippen LogP contribution in [0.15, 0.2) is 59.0 Å². The van der Waals surface area contributed by atoms with Crippen LogP contribution < -0.4 is 15.2 Å². The third kappa shape index (κ3) is 4.49. The zero-order valence-electron chi connectivity index (χ0n) is 15.7. The van der Waals surface area contributed by atoms with E-state index in [2.05, 4.69) is 4.98 Å². The minimum Gasteiger partial charge on any atom is -0.508 e. The number of oxazole rings is 1. The molecule has 1 heterocycles. The van der Waals surface area contributed by atoms with E-state index in [1.165, 1.54) is 24.3 Å². The van der Waals surface area contributed by atoms with Gasteiger partial charge in [0.15, 0.2) is 17.1 Å². The zero-order chi connectivity index (χ0) is 21.0. The van der Waals surface area contributed by atoms with Gasteiger partial charge in [0.2, 0.25) is 5.89 Å². The Morgan fingerprint density at radius 2 is 1.76 bits per heavy atom. The first-order valence-electron chi connectivity index (χ1n) is 8.47. The average Bonchev–Trinajstić information content (AvgIpc) is 3.13. The number of fused-ring (bicyclic) bond motifs is 1.